The van der Waals surface area contributed by atoms with Gasteiger partial charge in [0, 0.05) is 10.0 Å². The van der Waals surface area contributed by atoms with E-state index >= 15 is 0 Å². The minimum atomic E-state index is -1.05. The summed E-state index contributed by atoms with van der Waals surface area (Å²) in [4.78, 5) is 21.0. The van der Waals surface area contributed by atoms with E-state index < -0.39 is 24.1 Å². The zero-order valence-electron chi connectivity index (χ0n) is 14.7. The van der Waals surface area contributed by atoms with E-state index in [1.165, 1.54) is 38.1 Å². The summed E-state index contributed by atoms with van der Waals surface area (Å²) in [6.07, 6.45) is -1.87. The molecule has 152 valence electrons. The van der Waals surface area contributed by atoms with E-state index in [4.69, 9.17) is 66.1 Å². The SMILES string of the molecule is CC(Oc1ccc(Cl)cc1Cl)C(=O)O.CC(Oc1ccc(Cl)cc1Cl)C(=O)O. The smallest absolute Gasteiger partial charge is 0.344 e. The highest BCUT2D eigenvalue weighted by Gasteiger charge is 2.15. The number of aliphatic carboxylic acids is 2. The molecule has 0 aliphatic heterocycles. The van der Waals surface area contributed by atoms with Gasteiger partial charge in [-0.15, -0.1) is 0 Å². The highest BCUT2D eigenvalue weighted by molar-refractivity contribution is 6.36. The van der Waals surface area contributed by atoms with E-state index in [9.17, 15) is 9.59 Å². The molecule has 2 N–H and O–H groups in total. The van der Waals surface area contributed by atoms with Gasteiger partial charge in [0.1, 0.15) is 11.5 Å². The maximum Gasteiger partial charge on any atom is 0.344 e. The van der Waals surface area contributed by atoms with Crippen LogP contribution >= 0.6 is 46.4 Å². The molecule has 0 bridgehead atoms. The standard InChI is InChI=1S/2C9H8Cl2O3/c2*1-5(9(12)13)14-8-3-2-6(10)4-7(8)11/h2*2-5H,1H3,(H,12,13). The van der Waals surface area contributed by atoms with Gasteiger partial charge in [0.15, 0.2) is 12.2 Å². The van der Waals surface area contributed by atoms with Crippen LogP contribution in [-0.4, -0.2) is 34.4 Å². The predicted octanol–water partition coefficient (Wildman–Crippen LogP) is 5.69. The second kappa shape index (κ2) is 11.2. The summed E-state index contributed by atoms with van der Waals surface area (Å²) in [7, 11) is 0. The van der Waals surface area contributed by atoms with Gasteiger partial charge in [0.25, 0.3) is 0 Å². The van der Waals surface area contributed by atoms with Gasteiger partial charge in [-0.1, -0.05) is 46.4 Å². The van der Waals surface area contributed by atoms with E-state index in [1.807, 2.05) is 0 Å². The molecule has 2 atom stereocenters. The highest BCUT2D eigenvalue weighted by Crippen LogP contribution is 2.29. The highest BCUT2D eigenvalue weighted by atomic mass is 35.5. The van der Waals surface area contributed by atoms with Crippen molar-refractivity contribution in [2.45, 2.75) is 26.1 Å². The number of benzene rings is 2. The molecule has 0 aromatic heterocycles. The molecule has 2 unspecified atom stereocenters. The van der Waals surface area contributed by atoms with Gasteiger partial charge in [-0.25, -0.2) is 9.59 Å². The zero-order valence-corrected chi connectivity index (χ0v) is 17.7. The topological polar surface area (TPSA) is 93.1 Å². The van der Waals surface area contributed by atoms with Crippen LogP contribution in [0.25, 0.3) is 0 Å². The van der Waals surface area contributed by atoms with E-state index in [0.29, 0.717) is 31.6 Å². The lowest BCUT2D eigenvalue weighted by molar-refractivity contribution is -0.145. The van der Waals surface area contributed by atoms with E-state index in [0.717, 1.165) is 0 Å². The average molecular weight is 470 g/mol. The molecule has 2 aromatic rings. The Hall–Kier alpha value is -1.86. The number of rotatable bonds is 6. The monoisotopic (exact) mass is 468 g/mol. The Labute approximate surface area is 181 Å². The van der Waals surface area contributed by atoms with E-state index in [-0.39, 0.29) is 0 Å². The fourth-order valence-electron chi connectivity index (χ4n) is 1.62. The molecular weight excluding hydrogens is 454 g/mol. The van der Waals surface area contributed by atoms with Crippen LogP contribution in [0.5, 0.6) is 11.5 Å². The predicted molar refractivity (Wildman–Crippen MR) is 108 cm³/mol. The first-order valence-corrected chi connectivity index (χ1v) is 9.21. The average Bonchev–Trinajstić information content (AvgIpc) is 2.60. The van der Waals surface area contributed by atoms with Gasteiger partial charge in [-0.2, -0.15) is 0 Å². The summed E-state index contributed by atoms with van der Waals surface area (Å²) in [5, 5.41) is 18.7. The molecule has 0 amide bonds. The van der Waals surface area contributed by atoms with Crippen LogP contribution in [0.15, 0.2) is 36.4 Å². The van der Waals surface area contributed by atoms with Crippen molar-refractivity contribution in [1.29, 1.82) is 0 Å². The van der Waals surface area contributed by atoms with Gasteiger partial charge in [-0.3, -0.25) is 0 Å². The summed E-state index contributed by atoms with van der Waals surface area (Å²) < 4.78 is 10.1. The molecule has 0 saturated carbocycles. The molecule has 0 spiro atoms. The molecular formula is C18H16Cl4O6. The first-order chi connectivity index (χ1) is 13.0. The molecule has 0 heterocycles. The van der Waals surface area contributed by atoms with Crippen molar-refractivity contribution in [3.8, 4) is 11.5 Å². The van der Waals surface area contributed by atoms with Crippen molar-refractivity contribution in [3.63, 3.8) is 0 Å². The van der Waals surface area contributed by atoms with Crippen molar-refractivity contribution in [1.82, 2.24) is 0 Å². The Bertz CT molecular complexity index is 773. The normalized spacial score (nSPS) is 12.2. The molecule has 0 fully saturated rings. The molecule has 2 aromatic carbocycles. The maximum absolute atomic E-state index is 10.5. The number of ether oxygens (including phenoxy) is 2. The quantitative estimate of drug-likeness (QED) is 0.564. The Morgan fingerprint density at radius 1 is 0.750 bits per heavy atom. The molecule has 0 aliphatic carbocycles. The summed E-state index contributed by atoms with van der Waals surface area (Å²) in [6, 6.07) is 9.21. The van der Waals surface area contributed by atoms with E-state index in [2.05, 4.69) is 0 Å². The summed E-state index contributed by atoms with van der Waals surface area (Å²) >= 11 is 22.9. The lowest BCUT2D eigenvalue weighted by atomic mass is 10.3. The molecule has 0 radical (unpaired) electrons. The summed E-state index contributed by atoms with van der Waals surface area (Å²) in [6.45, 7) is 2.85. The molecule has 0 saturated heterocycles. The van der Waals surface area contributed by atoms with Gasteiger partial charge in [0.05, 0.1) is 10.0 Å². The summed E-state index contributed by atoms with van der Waals surface area (Å²) in [5.41, 5.74) is 0. The van der Waals surface area contributed by atoms with Crippen LogP contribution in [0.2, 0.25) is 20.1 Å². The number of carboxylic acid groups (broad SMARTS) is 2. The number of halogens is 4. The third-order valence-electron chi connectivity index (χ3n) is 3.09. The fraction of sp³-hybridized carbons (Fsp3) is 0.222. The minimum Gasteiger partial charge on any atom is -0.479 e. The van der Waals surface area contributed by atoms with Crippen LogP contribution < -0.4 is 9.47 Å². The Morgan fingerprint density at radius 3 is 1.32 bits per heavy atom. The Kier molecular flexibility index (Phi) is 9.69. The van der Waals surface area contributed by atoms with Gasteiger partial charge < -0.3 is 19.7 Å². The van der Waals surface area contributed by atoms with Crippen LogP contribution in [0, 0.1) is 0 Å². The van der Waals surface area contributed by atoms with Gasteiger partial charge in [0.2, 0.25) is 0 Å². The number of hydrogen-bond donors (Lipinski definition) is 2. The van der Waals surface area contributed by atoms with Crippen LogP contribution in [-0.2, 0) is 9.59 Å². The van der Waals surface area contributed by atoms with Crippen molar-refractivity contribution in [2.24, 2.45) is 0 Å². The second-order valence-corrected chi connectivity index (χ2v) is 7.03. The van der Waals surface area contributed by atoms with E-state index in [1.54, 1.807) is 12.1 Å². The van der Waals surface area contributed by atoms with Crippen molar-refractivity contribution < 1.29 is 29.3 Å². The zero-order chi connectivity index (χ0) is 21.4. The molecule has 6 nitrogen and oxygen atoms in total. The van der Waals surface area contributed by atoms with Crippen molar-refractivity contribution in [2.75, 3.05) is 0 Å². The van der Waals surface area contributed by atoms with Gasteiger partial charge in [-0.05, 0) is 50.2 Å². The second-order valence-electron chi connectivity index (χ2n) is 5.35. The molecule has 0 aliphatic rings. The third-order valence-corrected chi connectivity index (χ3v) is 4.15. The fourth-order valence-corrected chi connectivity index (χ4v) is 2.53. The first kappa shape index (κ1) is 24.2. The Balaban J connectivity index is 0.000000280. The lowest BCUT2D eigenvalue weighted by Crippen LogP contribution is -2.22. The molecule has 28 heavy (non-hydrogen) atoms. The number of carbonyl (C=O) groups is 2. The third kappa shape index (κ3) is 8.02. The van der Waals surface area contributed by atoms with Crippen LogP contribution in [0.1, 0.15) is 13.8 Å². The number of hydrogen-bond acceptors (Lipinski definition) is 4. The van der Waals surface area contributed by atoms with Crippen LogP contribution in [0.3, 0.4) is 0 Å². The van der Waals surface area contributed by atoms with Crippen molar-refractivity contribution in [3.05, 3.63) is 56.5 Å². The minimum absolute atomic E-state index is 0.297. The first-order valence-electron chi connectivity index (χ1n) is 7.70. The molecule has 2 rings (SSSR count). The largest absolute Gasteiger partial charge is 0.479 e. The number of carboxylic acids is 2. The van der Waals surface area contributed by atoms with Crippen LogP contribution in [0.4, 0.5) is 0 Å². The van der Waals surface area contributed by atoms with Gasteiger partial charge >= 0.3 is 11.9 Å². The lowest BCUT2D eigenvalue weighted by Gasteiger charge is -2.11. The Morgan fingerprint density at radius 2 is 1.07 bits per heavy atom. The van der Waals surface area contributed by atoms with Crippen molar-refractivity contribution >= 4 is 58.3 Å². The molecule has 10 heteroatoms. The summed E-state index contributed by atoms with van der Waals surface area (Å²) in [5.74, 6) is -1.47. The maximum atomic E-state index is 10.5.